The summed E-state index contributed by atoms with van der Waals surface area (Å²) in [7, 11) is 4.69. The third-order valence-electron chi connectivity index (χ3n) is 6.91. The Morgan fingerprint density at radius 3 is 2.13 bits per heavy atom. The lowest BCUT2D eigenvalue weighted by Gasteiger charge is -2.46. The Bertz CT molecular complexity index is 1460. The van der Waals surface area contributed by atoms with Crippen LogP contribution in [0.5, 0.6) is 17.4 Å². The van der Waals surface area contributed by atoms with Crippen LogP contribution in [0.1, 0.15) is 39.9 Å². The van der Waals surface area contributed by atoms with E-state index in [0.29, 0.717) is 23.1 Å². The number of carbonyl (C=O) groups is 1. The second-order valence-electron chi connectivity index (χ2n) is 9.08. The van der Waals surface area contributed by atoms with Crippen LogP contribution in [0.4, 0.5) is 5.95 Å². The van der Waals surface area contributed by atoms with Gasteiger partial charge in [-0.1, -0.05) is 60.7 Å². The minimum atomic E-state index is -1.02. The molecule has 5 rings (SSSR count). The molecule has 1 aliphatic rings. The van der Waals surface area contributed by atoms with Crippen LogP contribution in [0.2, 0.25) is 0 Å². The van der Waals surface area contributed by atoms with Crippen LogP contribution in [0.3, 0.4) is 0 Å². The highest BCUT2D eigenvalue weighted by atomic mass is 16.5. The van der Waals surface area contributed by atoms with Crippen LogP contribution in [0, 0.1) is 6.92 Å². The van der Waals surface area contributed by atoms with E-state index < -0.39 is 24.0 Å². The van der Waals surface area contributed by atoms with E-state index in [1.54, 1.807) is 25.2 Å². The molecule has 0 aliphatic carbocycles. The Labute approximate surface area is 221 Å². The van der Waals surface area contributed by atoms with Gasteiger partial charge in [-0.3, -0.25) is 0 Å². The quantitative estimate of drug-likeness (QED) is 0.370. The van der Waals surface area contributed by atoms with Gasteiger partial charge in [0.05, 0.1) is 27.4 Å². The topological polar surface area (TPSA) is 94.0 Å². The summed E-state index contributed by atoms with van der Waals surface area (Å²) in [5, 5.41) is 10.8. The minimum absolute atomic E-state index is 0.268. The van der Waals surface area contributed by atoms with Crippen molar-refractivity contribution in [2.75, 3.05) is 26.2 Å². The molecule has 0 fully saturated rings. The van der Waals surface area contributed by atoms with Crippen molar-refractivity contribution in [2.24, 2.45) is 0 Å². The van der Waals surface area contributed by atoms with E-state index in [0.717, 1.165) is 22.3 Å². The van der Waals surface area contributed by atoms with Crippen LogP contribution in [-0.4, -0.2) is 48.4 Å². The average Bonchev–Trinajstić information content (AvgIpc) is 2.95. The number of aryl methyl sites for hydroxylation is 1. The van der Waals surface area contributed by atoms with Crippen molar-refractivity contribution in [3.8, 4) is 17.4 Å². The van der Waals surface area contributed by atoms with Gasteiger partial charge in [0.15, 0.2) is 11.5 Å². The van der Waals surface area contributed by atoms with Gasteiger partial charge in [0.1, 0.15) is 6.04 Å². The molecule has 8 nitrogen and oxygen atoms in total. The molecule has 1 aromatic heterocycles. The minimum Gasteiger partial charge on any atom is -0.493 e. The van der Waals surface area contributed by atoms with E-state index in [4.69, 9.17) is 19.2 Å². The molecular weight excluding hydrogens is 482 g/mol. The maximum Gasteiger partial charge on any atom is 0.327 e. The smallest absolute Gasteiger partial charge is 0.327 e. The van der Waals surface area contributed by atoms with Crippen LogP contribution >= 0.6 is 0 Å². The van der Waals surface area contributed by atoms with Crippen molar-refractivity contribution in [1.82, 2.24) is 9.97 Å². The van der Waals surface area contributed by atoms with E-state index >= 15 is 0 Å². The fourth-order valence-electron chi connectivity index (χ4n) is 5.32. The summed E-state index contributed by atoms with van der Waals surface area (Å²) >= 11 is 0. The first-order chi connectivity index (χ1) is 18.5. The molecule has 0 bridgehead atoms. The summed E-state index contributed by atoms with van der Waals surface area (Å²) in [4.78, 5) is 24.3. The van der Waals surface area contributed by atoms with Crippen molar-refractivity contribution < 1.29 is 24.1 Å². The normalized spacial score (nSPS) is 18.4. The Kier molecular flexibility index (Phi) is 6.87. The molecule has 0 saturated heterocycles. The van der Waals surface area contributed by atoms with Crippen LogP contribution in [0.15, 0.2) is 78.9 Å². The molecule has 4 aromatic rings. The van der Waals surface area contributed by atoms with Gasteiger partial charge in [-0.25, -0.2) is 9.78 Å². The number of fused-ring (bicyclic) bond motifs is 1. The first-order valence-corrected chi connectivity index (χ1v) is 12.2. The summed E-state index contributed by atoms with van der Waals surface area (Å²) in [6.07, 6.45) is 0. The third-order valence-corrected chi connectivity index (χ3v) is 6.91. The van der Waals surface area contributed by atoms with Gasteiger partial charge in [0.25, 0.3) is 0 Å². The van der Waals surface area contributed by atoms with E-state index in [1.807, 2.05) is 79.7 Å². The average molecular weight is 512 g/mol. The Morgan fingerprint density at radius 2 is 1.47 bits per heavy atom. The second-order valence-corrected chi connectivity index (χ2v) is 9.08. The predicted octanol–water partition coefficient (Wildman–Crippen LogP) is 5.01. The van der Waals surface area contributed by atoms with Crippen LogP contribution in [0.25, 0.3) is 0 Å². The van der Waals surface area contributed by atoms with Gasteiger partial charge in [-0.05, 0) is 41.3 Å². The van der Waals surface area contributed by atoms with E-state index in [9.17, 15) is 9.90 Å². The van der Waals surface area contributed by atoms with Crippen molar-refractivity contribution in [3.63, 3.8) is 0 Å². The lowest BCUT2D eigenvalue weighted by atomic mass is 9.74. The van der Waals surface area contributed by atoms with Gasteiger partial charge < -0.3 is 24.2 Å². The van der Waals surface area contributed by atoms with Crippen molar-refractivity contribution in [1.29, 1.82) is 0 Å². The van der Waals surface area contributed by atoms with E-state index in [-0.39, 0.29) is 5.95 Å². The number of aromatic nitrogens is 2. The molecule has 0 amide bonds. The maximum atomic E-state index is 13.2. The third kappa shape index (κ3) is 4.38. The molecule has 1 aliphatic heterocycles. The van der Waals surface area contributed by atoms with Gasteiger partial charge in [0.2, 0.25) is 11.8 Å². The predicted molar refractivity (Wildman–Crippen MR) is 143 cm³/mol. The molecule has 3 aromatic carbocycles. The lowest BCUT2D eigenvalue weighted by Crippen LogP contribution is -2.52. The van der Waals surface area contributed by atoms with Crippen molar-refractivity contribution in [2.45, 2.75) is 24.9 Å². The lowest BCUT2D eigenvalue weighted by molar-refractivity contribution is -0.139. The summed E-state index contributed by atoms with van der Waals surface area (Å²) in [6, 6.07) is 23.4. The van der Waals surface area contributed by atoms with Gasteiger partial charge in [-0.2, -0.15) is 4.98 Å². The van der Waals surface area contributed by atoms with Gasteiger partial charge in [0, 0.05) is 17.7 Å². The number of hydrogen-bond donors (Lipinski definition) is 1. The number of aliphatic carboxylic acids is 1. The molecule has 3 atom stereocenters. The monoisotopic (exact) mass is 511 g/mol. The second kappa shape index (κ2) is 10.4. The molecule has 38 heavy (non-hydrogen) atoms. The van der Waals surface area contributed by atoms with Gasteiger partial charge >= 0.3 is 5.97 Å². The first-order valence-electron chi connectivity index (χ1n) is 12.2. The standard InChI is InChI=1S/C30H29N3O5/c1-18-16-25(38-4)32-30(31-18)33-27(20-14-15-23(36-2)24(17-20)37-3)22-13-9-8-12-21(22)26(28(33)29(34)35)19-10-6-5-7-11-19/h5-17,26-28H,1-4H3,(H,34,35). The number of hydrogen-bond acceptors (Lipinski definition) is 7. The first kappa shape index (κ1) is 25.1. The van der Waals surface area contributed by atoms with Gasteiger partial charge in [-0.15, -0.1) is 0 Å². The number of carboxylic acid groups (broad SMARTS) is 1. The largest absolute Gasteiger partial charge is 0.493 e. The van der Waals surface area contributed by atoms with Crippen molar-refractivity contribution >= 4 is 11.9 Å². The zero-order valence-electron chi connectivity index (χ0n) is 21.7. The summed E-state index contributed by atoms with van der Waals surface area (Å²) in [5.41, 5.74) is 4.26. The van der Waals surface area contributed by atoms with Crippen LogP contribution in [-0.2, 0) is 4.79 Å². The SMILES string of the molecule is COc1cc(C)nc(N2C(c3ccc(OC)c(OC)c3)c3ccccc3C(c3ccccc3)C2C(=O)O)n1. The molecule has 194 valence electrons. The molecule has 8 heteroatoms. The number of methoxy groups -OCH3 is 3. The zero-order valence-corrected chi connectivity index (χ0v) is 21.7. The molecule has 1 N–H and O–H groups in total. The number of benzene rings is 3. The summed E-state index contributed by atoms with van der Waals surface area (Å²) in [6.45, 7) is 1.83. The van der Waals surface area contributed by atoms with Crippen LogP contribution < -0.4 is 19.1 Å². The highest BCUT2D eigenvalue weighted by Gasteiger charge is 2.47. The van der Waals surface area contributed by atoms with E-state index in [1.165, 1.54) is 7.11 Å². The fourth-order valence-corrected chi connectivity index (χ4v) is 5.32. The number of nitrogens with zero attached hydrogens (tertiary/aromatic N) is 3. The zero-order chi connectivity index (χ0) is 26.8. The highest BCUT2D eigenvalue weighted by Crippen LogP contribution is 2.48. The molecular formula is C30H29N3O5. The summed E-state index contributed by atoms with van der Waals surface area (Å²) in [5.74, 6) is 0.293. The Balaban J connectivity index is 1.84. The highest BCUT2D eigenvalue weighted by molar-refractivity contribution is 5.82. The molecule has 0 spiro atoms. The maximum absolute atomic E-state index is 13.2. The number of anilines is 1. The molecule has 2 heterocycles. The molecule has 3 unspecified atom stereocenters. The Hall–Kier alpha value is -4.59. The Morgan fingerprint density at radius 1 is 0.789 bits per heavy atom. The van der Waals surface area contributed by atoms with E-state index in [2.05, 4.69) is 4.98 Å². The summed E-state index contributed by atoms with van der Waals surface area (Å²) < 4.78 is 16.5. The number of carboxylic acids is 1. The number of ether oxygens (including phenoxy) is 3. The number of rotatable bonds is 7. The van der Waals surface area contributed by atoms with Crippen molar-refractivity contribution in [3.05, 3.63) is 107 Å². The molecule has 0 saturated carbocycles. The molecule has 0 radical (unpaired) electrons. The fraction of sp³-hybridized carbons (Fsp3) is 0.233.